The van der Waals surface area contributed by atoms with Gasteiger partial charge in [0.15, 0.2) is 0 Å². The van der Waals surface area contributed by atoms with E-state index < -0.39 is 0 Å². The molecule has 1 aliphatic heterocycles. The molecule has 1 aromatic heterocycles. The third-order valence-corrected chi connectivity index (χ3v) is 10.0. The van der Waals surface area contributed by atoms with E-state index in [1.807, 2.05) is 12.3 Å². The van der Waals surface area contributed by atoms with Crippen molar-refractivity contribution in [2.24, 2.45) is 26.7 Å². The summed E-state index contributed by atoms with van der Waals surface area (Å²) in [7, 11) is 0. The average molecular weight is 739 g/mol. The van der Waals surface area contributed by atoms with Gasteiger partial charge in [-0.25, -0.2) is 0 Å². The van der Waals surface area contributed by atoms with E-state index in [0.717, 1.165) is 13.0 Å². The molecule has 0 fully saturated rings. The number of pyridine rings is 1. The number of hydrogen-bond acceptors (Lipinski definition) is 2. The summed E-state index contributed by atoms with van der Waals surface area (Å²) in [5, 5.41) is 0. The van der Waals surface area contributed by atoms with Gasteiger partial charge in [0, 0.05) is 23.5 Å². The fourth-order valence-electron chi connectivity index (χ4n) is 7.00. The van der Waals surface area contributed by atoms with Crippen LogP contribution < -0.4 is 0 Å². The van der Waals surface area contributed by atoms with Crippen LogP contribution in [-0.4, -0.2) is 17.7 Å². The van der Waals surface area contributed by atoms with Crippen molar-refractivity contribution in [3.8, 4) is 0 Å². The molecular weight excluding hydrogens is 653 g/mol. The molecule has 0 spiro atoms. The van der Waals surface area contributed by atoms with Crippen LogP contribution >= 0.6 is 0 Å². The monoisotopic (exact) mass is 739 g/mol. The molecule has 54 heavy (non-hydrogen) atoms. The van der Waals surface area contributed by atoms with Crippen LogP contribution in [0.4, 0.5) is 0 Å². The Kier molecular flexibility index (Phi) is 16.1. The summed E-state index contributed by atoms with van der Waals surface area (Å²) in [6.07, 6.45) is 9.69. The standard InChI is InChI=1S/C14H22.C13H21N.C13H22.C12H21N/c1-13(2,3)11-9-7-8-10-12(11)14(4,5)6;1-12(2,3)10-8-7-9-14-11(10)13(4,5)6;1-12(2,3)10-8-7-9-11(10)13(4,5)6;1-11(2,3)9-7-13-8-10(9)12(4,5)6/h7-10H,1-6H3;7-9H,1-6H3;7-8H,9H2,1-6H3;7H,8H2,1-6H3. The van der Waals surface area contributed by atoms with Gasteiger partial charge in [-0.2, -0.15) is 0 Å². The minimum atomic E-state index is 0.129. The lowest BCUT2D eigenvalue weighted by Crippen LogP contribution is -2.23. The number of benzene rings is 1. The predicted octanol–water partition coefficient (Wildman–Crippen LogP) is 15.8. The molecule has 0 N–H and O–H groups in total. The molecular formula is C52H86N2. The number of aliphatic imine (C=N–C) groups is 1. The van der Waals surface area contributed by atoms with Crippen LogP contribution in [0.25, 0.3) is 0 Å². The van der Waals surface area contributed by atoms with Crippen molar-refractivity contribution in [2.75, 3.05) is 6.54 Å². The summed E-state index contributed by atoms with van der Waals surface area (Å²) in [5.74, 6) is 0. The average Bonchev–Trinajstić information content (AvgIpc) is 3.68. The first-order valence-electron chi connectivity index (χ1n) is 20.6. The van der Waals surface area contributed by atoms with Crippen LogP contribution in [0, 0.1) is 21.7 Å². The number of nitrogens with zero attached hydrogens (tertiary/aromatic N) is 2. The van der Waals surface area contributed by atoms with Gasteiger partial charge in [-0.15, -0.1) is 0 Å². The van der Waals surface area contributed by atoms with Gasteiger partial charge < -0.3 is 0 Å². The molecule has 0 bridgehead atoms. The molecule has 0 amide bonds. The zero-order valence-corrected chi connectivity index (χ0v) is 40.1. The van der Waals surface area contributed by atoms with Crippen molar-refractivity contribution in [3.63, 3.8) is 0 Å². The summed E-state index contributed by atoms with van der Waals surface area (Å²) >= 11 is 0. The summed E-state index contributed by atoms with van der Waals surface area (Å²) < 4.78 is 0. The van der Waals surface area contributed by atoms with E-state index in [1.165, 1.54) is 33.5 Å². The number of rotatable bonds is 0. The first-order chi connectivity index (χ1) is 23.9. The topological polar surface area (TPSA) is 25.2 Å². The molecule has 4 rings (SSSR count). The van der Waals surface area contributed by atoms with Gasteiger partial charge in [0.1, 0.15) is 0 Å². The number of allylic oxidation sites excluding steroid dienone is 5. The maximum Gasteiger partial charge on any atom is 0.0611 e. The Bertz CT molecular complexity index is 1440. The predicted molar refractivity (Wildman–Crippen MR) is 244 cm³/mol. The molecule has 0 unspecified atom stereocenters. The minimum absolute atomic E-state index is 0.129. The summed E-state index contributed by atoms with van der Waals surface area (Å²) in [6, 6.07) is 13.0. The normalized spacial score (nSPS) is 15.7. The highest BCUT2D eigenvalue weighted by Crippen LogP contribution is 2.42. The summed E-state index contributed by atoms with van der Waals surface area (Å²) in [6.45, 7) is 55.3. The molecule has 2 aliphatic rings. The molecule has 2 aromatic rings. The Hall–Kier alpha value is -2.74. The SMILES string of the molecule is CC(C)(C)C1=C(C(C)(C)C)CC=C1.CC(C)(C)C1=C(C(C)(C)C)CN=C1.CC(C)(C)c1ccccc1C(C)(C)C.CC(C)(C)c1cccnc1C(C)(C)C. The van der Waals surface area contributed by atoms with Crippen molar-refractivity contribution in [1.29, 1.82) is 0 Å². The minimum Gasteiger partial charge on any atom is -0.288 e. The summed E-state index contributed by atoms with van der Waals surface area (Å²) in [4.78, 5) is 8.90. The Balaban J connectivity index is 0.000000360. The lowest BCUT2D eigenvalue weighted by Gasteiger charge is -2.29. The van der Waals surface area contributed by atoms with E-state index in [1.54, 1.807) is 11.1 Å². The molecule has 2 heterocycles. The van der Waals surface area contributed by atoms with Gasteiger partial charge in [0.2, 0.25) is 0 Å². The smallest absolute Gasteiger partial charge is 0.0611 e. The fourth-order valence-corrected chi connectivity index (χ4v) is 7.00. The van der Waals surface area contributed by atoms with Crippen LogP contribution in [-0.2, 0) is 21.7 Å². The van der Waals surface area contributed by atoms with Crippen molar-refractivity contribution in [1.82, 2.24) is 4.98 Å². The van der Waals surface area contributed by atoms with E-state index in [9.17, 15) is 0 Å². The third kappa shape index (κ3) is 15.1. The zero-order valence-electron chi connectivity index (χ0n) is 40.1. The Morgan fingerprint density at radius 3 is 1.11 bits per heavy atom. The molecule has 0 radical (unpaired) electrons. The van der Waals surface area contributed by atoms with Crippen molar-refractivity contribution >= 4 is 6.21 Å². The van der Waals surface area contributed by atoms with Gasteiger partial charge in [0.05, 0.1) is 6.54 Å². The molecule has 0 atom stereocenters. The first kappa shape index (κ1) is 49.3. The van der Waals surface area contributed by atoms with Gasteiger partial charge in [0.25, 0.3) is 0 Å². The molecule has 1 aliphatic carbocycles. The van der Waals surface area contributed by atoms with E-state index >= 15 is 0 Å². The van der Waals surface area contributed by atoms with Crippen LogP contribution in [0.3, 0.4) is 0 Å². The quantitative estimate of drug-likeness (QED) is 0.264. The molecule has 2 heteroatoms. The first-order valence-corrected chi connectivity index (χ1v) is 20.6. The van der Waals surface area contributed by atoms with Gasteiger partial charge in [-0.05, 0) is 83.8 Å². The summed E-state index contributed by atoms with van der Waals surface area (Å²) in [5.41, 5.74) is 13.5. The van der Waals surface area contributed by atoms with E-state index in [4.69, 9.17) is 0 Å². The highest BCUT2D eigenvalue weighted by Gasteiger charge is 2.30. The van der Waals surface area contributed by atoms with E-state index in [-0.39, 0.29) is 32.5 Å². The lowest BCUT2D eigenvalue weighted by atomic mass is 9.75. The second-order valence-corrected chi connectivity index (χ2v) is 23.8. The maximum atomic E-state index is 4.52. The van der Waals surface area contributed by atoms with Crippen molar-refractivity contribution < 1.29 is 0 Å². The van der Waals surface area contributed by atoms with Gasteiger partial charge >= 0.3 is 0 Å². The van der Waals surface area contributed by atoms with Crippen LogP contribution in [0.2, 0.25) is 0 Å². The van der Waals surface area contributed by atoms with E-state index in [2.05, 4.69) is 225 Å². The number of aromatic nitrogens is 1. The number of hydrogen-bond donors (Lipinski definition) is 0. The molecule has 2 nitrogen and oxygen atoms in total. The molecule has 1 aromatic carbocycles. The third-order valence-electron chi connectivity index (χ3n) is 10.0. The Labute approximate surface area is 337 Å². The van der Waals surface area contributed by atoms with Crippen molar-refractivity contribution in [3.05, 3.63) is 99.4 Å². The Morgan fingerprint density at radius 1 is 0.407 bits per heavy atom. The highest BCUT2D eigenvalue weighted by molar-refractivity contribution is 5.84. The Morgan fingerprint density at radius 2 is 0.815 bits per heavy atom. The second kappa shape index (κ2) is 17.6. The fraction of sp³-hybridized carbons (Fsp3) is 0.654. The van der Waals surface area contributed by atoms with Crippen LogP contribution in [0.5, 0.6) is 0 Å². The lowest BCUT2D eigenvalue weighted by molar-refractivity contribution is 0.452. The van der Waals surface area contributed by atoms with E-state index in [0.29, 0.717) is 10.8 Å². The largest absolute Gasteiger partial charge is 0.288 e. The van der Waals surface area contributed by atoms with Crippen LogP contribution in [0.15, 0.2) is 82.0 Å². The molecule has 0 saturated carbocycles. The van der Waals surface area contributed by atoms with Crippen LogP contribution in [0.1, 0.15) is 195 Å². The van der Waals surface area contributed by atoms with Gasteiger partial charge in [-0.3, -0.25) is 9.98 Å². The molecule has 0 saturated heterocycles. The highest BCUT2D eigenvalue weighted by atomic mass is 14.7. The molecule has 304 valence electrons. The zero-order chi connectivity index (χ0) is 42.5. The van der Waals surface area contributed by atoms with Crippen molar-refractivity contribution in [2.45, 2.75) is 194 Å². The maximum absolute atomic E-state index is 4.52. The second-order valence-electron chi connectivity index (χ2n) is 23.8. The van der Waals surface area contributed by atoms with Gasteiger partial charge in [-0.1, -0.05) is 214 Å².